The number of rotatable bonds is 2. The fourth-order valence-corrected chi connectivity index (χ4v) is 4.66. The number of hydrogen-bond acceptors (Lipinski definition) is 2. The van der Waals surface area contributed by atoms with Crippen LogP contribution in [-0.2, 0) is 7.05 Å². The first-order chi connectivity index (χ1) is 14.0. The van der Waals surface area contributed by atoms with Crippen LogP contribution in [0.5, 0.6) is 0 Å². The van der Waals surface area contributed by atoms with Crippen LogP contribution in [0, 0.1) is 6.92 Å². The number of para-hydroxylation sites is 1. The minimum Gasteiger partial charge on any atom is -0.455 e. The van der Waals surface area contributed by atoms with Crippen molar-refractivity contribution in [2.75, 3.05) is 7.05 Å². The normalized spacial score (nSPS) is 13.6. The van der Waals surface area contributed by atoms with Gasteiger partial charge in [-0.1, -0.05) is 54.0 Å². The van der Waals surface area contributed by atoms with E-state index in [2.05, 4.69) is 98.2 Å². The molecule has 0 fully saturated rings. The van der Waals surface area contributed by atoms with Crippen molar-refractivity contribution in [3.63, 3.8) is 0 Å². The van der Waals surface area contributed by atoms with Gasteiger partial charge >= 0.3 is 6.85 Å². The maximum Gasteiger partial charge on any atom is 0.399 e. The Bertz CT molecular complexity index is 1360. The lowest BCUT2D eigenvalue weighted by atomic mass is 9.49. The predicted octanol–water partition coefficient (Wildman–Crippen LogP) is 2.52. The van der Waals surface area contributed by atoms with Crippen LogP contribution < -0.4 is 20.8 Å². The van der Waals surface area contributed by atoms with Gasteiger partial charge in [0.1, 0.15) is 18.0 Å². The van der Waals surface area contributed by atoms with Crippen LogP contribution >= 0.6 is 0 Å². The summed E-state index contributed by atoms with van der Waals surface area (Å²) in [5.41, 5.74) is 8.29. The summed E-state index contributed by atoms with van der Waals surface area (Å²) in [6.45, 7) is 4.60. The number of benzene rings is 2. The van der Waals surface area contributed by atoms with E-state index in [4.69, 9.17) is 4.42 Å². The van der Waals surface area contributed by atoms with Gasteiger partial charge in [-0.2, -0.15) is 0 Å². The molecular weight excluding hydrogens is 355 g/mol. The van der Waals surface area contributed by atoms with Crippen LogP contribution in [0.2, 0.25) is 0 Å². The van der Waals surface area contributed by atoms with Gasteiger partial charge < -0.3 is 9.23 Å². The number of fused-ring (bicyclic) bond motifs is 3. The molecule has 0 saturated carbocycles. The molecule has 1 aliphatic rings. The van der Waals surface area contributed by atoms with E-state index < -0.39 is 0 Å². The Hall–Kier alpha value is -3.27. The zero-order valence-corrected chi connectivity index (χ0v) is 17.3. The standard InChI is InChI=1S/C25H24BN2O/c1-17-14-24(27(3)15-21(17)19-10-6-5-7-11-19)26-18(2)25-20-12-8-9-13-22(20)29-23(25)16-28(26)4/h5-16H,1-4H3/q+1. The van der Waals surface area contributed by atoms with Crippen LogP contribution in [0.25, 0.3) is 33.8 Å². The molecular formula is C25H24BN2O+. The molecule has 0 bridgehead atoms. The van der Waals surface area contributed by atoms with E-state index in [0.29, 0.717) is 0 Å². The Morgan fingerprint density at radius 3 is 2.48 bits per heavy atom. The van der Waals surface area contributed by atoms with Crippen molar-refractivity contribution in [2.24, 2.45) is 7.05 Å². The lowest BCUT2D eigenvalue weighted by molar-refractivity contribution is -0.653. The van der Waals surface area contributed by atoms with Gasteiger partial charge in [0.25, 0.3) is 0 Å². The number of aryl methyl sites for hydroxylation is 2. The number of hydrogen-bond donors (Lipinski definition) is 0. The molecule has 4 heteroatoms. The van der Waals surface area contributed by atoms with E-state index >= 15 is 0 Å². The van der Waals surface area contributed by atoms with Gasteiger partial charge in [-0.05, 0) is 38.1 Å². The van der Waals surface area contributed by atoms with Crippen LogP contribution in [0.4, 0.5) is 0 Å². The summed E-state index contributed by atoms with van der Waals surface area (Å²) >= 11 is 0. The highest BCUT2D eigenvalue weighted by atomic mass is 16.3. The lowest BCUT2D eigenvalue weighted by Gasteiger charge is -2.25. The maximum atomic E-state index is 6.12. The molecule has 0 amide bonds. The Labute approximate surface area is 171 Å². The Morgan fingerprint density at radius 2 is 1.69 bits per heavy atom. The van der Waals surface area contributed by atoms with Crippen LogP contribution in [0.15, 0.2) is 71.3 Å². The predicted molar refractivity (Wildman–Crippen MR) is 120 cm³/mol. The van der Waals surface area contributed by atoms with Crippen molar-refractivity contribution in [1.29, 1.82) is 0 Å². The van der Waals surface area contributed by atoms with Gasteiger partial charge in [0, 0.05) is 28.4 Å². The smallest absolute Gasteiger partial charge is 0.399 e. The van der Waals surface area contributed by atoms with Gasteiger partial charge in [-0.3, -0.25) is 0 Å². The van der Waals surface area contributed by atoms with Crippen molar-refractivity contribution in [3.8, 4) is 11.1 Å². The van der Waals surface area contributed by atoms with E-state index in [1.54, 1.807) is 0 Å². The van der Waals surface area contributed by atoms with Crippen LogP contribution in [-0.4, -0.2) is 18.7 Å². The maximum absolute atomic E-state index is 6.12. The van der Waals surface area contributed by atoms with E-state index in [-0.39, 0.29) is 6.85 Å². The Kier molecular flexibility index (Phi) is 4.09. The summed E-state index contributed by atoms with van der Waals surface area (Å²) in [4.78, 5) is 2.26. The van der Waals surface area contributed by atoms with Crippen molar-refractivity contribution in [1.82, 2.24) is 4.81 Å². The largest absolute Gasteiger partial charge is 0.455 e. The Balaban J connectivity index is 1.71. The third-order valence-electron chi connectivity index (χ3n) is 6.04. The summed E-state index contributed by atoms with van der Waals surface area (Å²) in [6, 6.07) is 21.2. The topological polar surface area (TPSA) is 20.3 Å². The molecule has 5 rings (SSSR count). The monoisotopic (exact) mass is 379 g/mol. The molecule has 0 atom stereocenters. The number of nitrogens with zero attached hydrogens (tertiary/aromatic N) is 2. The first-order valence-electron chi connectivity index (χ1n) is 10.0. The summed E-state index contributed by atoms with van der Waals surface area (Å²) < 4.78 is 8.39. The van der Waals surface area contributed by atoms with Crippen molar-refractivity contribution in [2.45, 2.75) is 13.8 Å². The molecule has 0 spiro atoms. The molecule has 0 aliphatic carbocycles. The first kappa shape index (κ1) is 17.8. The van der Waals surface area contributed by atoms with Gasteiger partial charge in [-0.25, -0.2) is 4.57 Å². The number of aromatic nitrogens is 1. The third-order valence-corrected chi connectivity index (χ3v) is 6.04. The second kappa shape index (κ2) is 6.66. The van der Waals surface area contributed by atoms with Gasteiger partial charge in [0.15, 0.2) is 11.8 Å². The highest BCUT2D eigenvalue weighted by molar-refractivity contribution is 6.85. The zero-order valence-electron chi connectivity index (χ0n) is 17.3. The molecule has 3 nitrogen and oxygen atoms in total. The quantitative estimate of drug-likeness (QED) is 0.394. The molecule has 4 aromatic rings. The van der Waals surface area contributed by atoms with E-state index in [9.17, 15) is 0 Å². The average Bonchev–Trinajstić information content (AvgIpc) is 3.09. The van der Waals surface area contributed by atoms with Gasteiger partial charge in [0.05, 0.1) is 0 Å². The summed E-state index contributed by atoms with van der Waals surface area (Å²) in [6.07, 6.45) is 4.39. The zero-order chi connectivity index (χ0) is 20.1. The summed E-state index contributed by atoms with van der Waals surface area (Å²) in [7, 11) is 4.27. The number of pyridine rings is 1. The number of furan rings is 1. The van der Waals surface area contributed by atoms with Crippen LogP contribution in [0.3, 0.4) is 0 Å². The second-order valence-electron chi connectivity index (χ2n) is 7.99. The molecule has 1 aliphatic heterocycles. The fraction of sp³-hybridized carbons (Fsp3) is 0.160. The van der Waals surface area contributed by atoms with Gasteiger partial charge in [-0.15, -0.1) is 0 Å². The third kappa shape index (κ3) is 2.79. The summed E-state index contributed by atoms with van der Waals surface area (Å²) in [5, 5.41) is 2.42. The fourth-order valence-electron chi connectivity index (χ4n) is 4.66. The second-order valence-corrected chi connectivity index (χ2v) is 7.99. The Morgan fingerprint density at radius 1 is 0.966 bits per heavy atom. The lowest BCUT2D eigenvalue weighted by Crippen LogP contribution is -2.62. The van der Waals surface area contributed by atoms with Crippen molar-refractivity contribution >= 4 is 35.1 Å². The van der Waals surface area contributed by atoms with Crippen molar-refractivity contribution < 1.29 is 8.98 Å². The van der Waals surface area contributed by atoms with E-state index in [0.717, 1.165) is 11.0 Å². The van der Waals surface area contributed by atoms with E-state index in [1.165, 1.54) is 38.4 Å². The molecule has 0 unspecified atom stereocenters. The molecule has 142 valence electrons. The molecule has 3 heterocycles. The average molecular weight is 379 g/mol. The molecule has 2 aromatic heterocycles. The molecule has 0 saturated heterocycles. The minimum absolute atomic E-state index is 0.164. The molecule has 0 radical (unpaired) electrons. The first-order valence-corrected chi connectivity index (χ1v) is 10.0. The summed E-state index contributed by atoms with van der Waals surface area (Å²) in [5.74, 6) is 0. The highest BCUT2D eigenvalue weighted by Crippen LogP contribution is 2.21. The highest BCUT2D eigenvalue weighted by Gasteiger charge is 2.35. The van der Waals surface area contributed by atoms with Crippen LogP contribution in [0.1, 0.15) is 12.5 Å². The van der Waals surface area contributed by atoms with Gasteiger partial charge in [0.2, 0.25) is 0 Å². The van der Waals surface area contributed by atoms with Crippen molar-refractivity contribution in [3.05, 3.63) is 83.1 Å². The van der Waals surface area contributed by atoms with E-state index in [1.807, 2.05) is 12.1 Å². The molecule has 2 aromatic carbocycles. The molecule has 0 N–H and O–H groups in total. The molecule has 29 heavy (non-hydrogen) atoms. The minimum atomic E-state index is 0.164. The SMILES string of the molecule is CC1=c2c(oc3ccccc23)=CN(C)B1c1cc(C)c(-c2ccccc2)c[n+]1C.